The smallest absolute Gasteiger partial charge is 0.322 e. The first-order valence-electron chi connectivity index (χ1n) is 6.77. The lowest BCUT2D eigenvalue weighted by atomic mass is 10.1. The molecule has 1 aliphatic rings. The number of carbonyl (C=O) groups excluding carboxylic acids is 3. The van der Waals surface area contributed by atoms with Gasteiger partial charge in [-0.2, -0.15) is 0 Å². The zero-order chi connectivity index (χ0) is 16.4. The minimum absolute atomic E-state index is 0.0316. The molecule has 0 aliphatic carbocycles. The monoisotopic (exact) mass is 329 g/mol. The number of thioether (sulfide) groups is 1. The number of rotatable bonds is 4. The van der Waals surface area contributed by atoms with E-state index in [0.29, 0.717) is 15.8 Å². The van der Waals surface area contributed by atoms with E-state index >= 15 is 0 Å². The zero-order valence-electron chi connectivity index (χ0n) is 12.1. The Morgan fingerprint density at radius 3 is 2.35 bits per heavy atom. The highest BCUT2D eigenvalue weighted by Crippen LogP contribution is 2.24. The normalized spacial score (nSPS) is 13.2. The number of aromatic nitrogens is 2. The highest BCUT2D eigenvalue weighted by Gasteiger charge is 2.39. The van der Waals surface area contributed by atoms with Crippen molar-refractivity contribution in [2.75, 3.05) is 5.75 Å². The van der Waals surface area contributed by atoms with Gasteiger partial charge in [-0.15, -0.1) is 11.8 Å². The first kappa shape index (κ1) is 15.2. The van der Waals surface area contributed by atoms with E-state index in [0.717, 1.165) is 0 Å². The molecule has 23 heavy (non-hydrogen) atoms. The van der Waals surface area contributed by atoms with Crippen LogP contribution in [0.15, 0.2) is 41.7 Å². The Morgan fingerprint density at radius 1 is 1.13 bits per heavy atom. The minimum atomic E-state index is -0.899. The molecular formula is C15H11N3O4S. The predicted octanol–water partition coefficient (Wildman–Crippen LogP) is 1.96. The number of benzene rings is 1. The first-order chi connectivity index (χ1) is 11.1. The average molecular weight is 329 g/mol. The molecule has 0 atom stereocenters. The third-order valence-corrected chi connectivity index (χ3v) is 3.93. The van der Waals surface area contributed by atoms with Crippen LogP contribution in [-0.4, -0.2) is 38.6 Å². The van der Waals surface area contributed by atoms with Crippen molar-refractivity contribution in [2.24, 2.45) is 0 Å². The molecule has 0 unspecified atom stereocenters. The molecule has 3 rings (SSSR count). The van der Waals surface area contributed by atoms with E-state index in [-0.39, 0.29) is 16.8 Å². The SMILES string of the molecule is CCSc1nccnc1C(=O)ON1C(=O)c2ccccc2C1=O. The lowest BCUT2D eigenvalue weighted by Gasteiger charge is -2.13. The van der Waals surface area contributed by atoms with E-state index < -0.39 is 17.8 Å². The van der Waals surface area contributed by atoms with Gasteiger partial charge in [0.25, 0.3) is 11.8 Å². The average Bonchev–Trinajstić information content (AvgIpc) is 2.81. The van der Waals surface area contributed by atoms with Crippen LogP contribution in [0.4, 0.5) is 0 Å². The number of hydrogen-bond donors (Lipinski definition) is 0. The maximum Gasteiger partial charge on any atom is 0.384 e. The lowest BCUT2D eigenvalue weighted by molar-refractivity contribution is -0.0591. The van der Waals surface area contributed by atoms with Crippen LogP contribution in [0, 0.1) is 0 Å². The van der Waals surface area contributed by atoms with Crippen molar-refractivity contribution in [3.63, 3.8) is 0 Å². The molecule has 0 fully saturated rings. The molecule has 2 amide bonds. The van der Waals surface area contributed by atoms with Gasteiger partial charge in [0, 0.05) is 12.4 Å². The fourth-order valence-corrected chi connectivity index (χ4v) is 2.77. The van der Waals surface area contributed by atoms with Crippen LogP contribution in [0.5, 0.6) is 0 Å². The largest absolute Gasteiger partial charge is 0.384 e. The van der Waals surface area contributed by atoms with Gasteiger partial charge in [-0.3, -0.25) is 9.59 Å². The Kier molecular flexibility index (Phi) is 4.07. The Bertz CT molecular complexity index is 774. The van der Waals surface area contributed by atoms with E-state index in [9.17, 15) is 14.4 Å². The number of fused-ring (bicyclic) bond motifs is 1. The molecule has 2 aromatic rings. The summed E-state index contributed by atoms with van der Waals surface area (Å²) < 4.78 is 0. The van der Waals surface area contributed by atoms with E-state index in [1.807, 2.05) is 6.92 Å². The third-order valence-electron chi connectivity index (χ3n) is 3.07. The summed E-state index contributed by atoms with van der Waals surface area (Å²) in [6.07, 6.45) is 2.80. The van der Waals surface area contributed by atoms with Crippen molar-refractivity contribution < 1.29 is 19.2 Å². The minimum Gasteiger partial charge on any atom is -0.322 e. The molecule has 0 saturated carbocycles. The molecule has 0 spiro atoms. The summed E-state index contributed by atoms with van der Waals surface area (Å²) in [6, 6.07) is 6.27. The van der Waals surface area contributed by atoms with Crippen LogP contribution in [0.3, 0.4) is 0 Å². The summed E-state index contributed by atoms with van der Waals surface area (Å²) in [5.74, 6) is -1.56. The number of nitrogens with zero attached hydrogens (tertiary/aromatic N) is 3. The van der Waals surface area contributed by atoms with Crippen LogP contribution >= 0.6 is 11.8 Å². The highest BCUT2D eigenvalue weighted by molar-refractivity contribution is 7.99. The van der Waals surface area contributed by atoms with Gasteiger partial charge in [-0.05, 0) is 17.9 Å². The Balaban J connectivity index is 1.85. The second-order valence-corrected chi connectivity index (χ2v) is 5.72. The molecule has 0 radical (unpaired) electrons. The maximum atomic E-state index is 12.3. The fourth-order valence-electron chi connectivity index (χ4n) is 2.08. The number of carbonyl (C=O) groups is 3. The first-order valence-corrected chi connectivity index (χ1v) is 7.76. The lowest BCUT2D eigenvalue weighted by Crippen LogP contribution is -2.33. The quantitative estimate of drug-likeness (QED) is 0.625. The van der Waals surface area contributed by atoms with Crippen molar-refractivity contribution in [1.82, 2.24) is 15.0 Å². The van der Waals surface area contributed by atoms with Crippen LogP contribution in [0.25, 0.3) is 0 Å². The standard InChI is InChI=1S/C15H11N3O4S/c1-2-23-12-11(16-7-8-17-12)15(21)22-18-13(19)9-5-3-4-6-10(9)14(18)20/h3-8H,2H2,1H3. The second-order valence-electron chi connectivity index (χ2n) is 4.47. The van der Waals surface area contributed by atoms with Gasteiger partial charge in [0.05, 0.1) is 11.1 Å². The van der Waals surface area contributed by atoms with Crippen molar-refractivity contribution in [3.8, 4) is 0 Å². The van der Waals surface area contributed by atoms with Crippen molar-refractivity contribution in [1.29, 1.82) is 0 Å². The van der Waals surface area contributed by atoms with E-state index in [1.54, 1.807) is 12.1 Å². The molecule has 7 nitrogen and oxygen atoms in total. The number of hydroxylamine groups is 2. The molecule has 0 bridgehead atoms. The molecule has 8 heteroatoms. The van der Waals surface area contributed by atoms with Gasteiger partial charge >= 0.3 is 5.97 Å². The predicted molar refractivity (Wildman–Crippen MR) is 80.8 cm³/mol. The number of amides is 2. The summed E-state index contributed by atoms with van der Waals surface area (Å²) in [6.45, 7) is 1.90. The molecule has 1 aliphatic heterocycles. The number of imide groups is 1. The topological polar surface area (TPSA) is 89.5 Å². The highest BCUT2D eigenvalue weighted by atomic mass is 32.2. The van der Waals surface area contributed by atoms with Gasteiger partial charge in [0.1, 0.15) is 5.03 Å². The second kappa shape index (κ2) is 6.17. The van der Waals surface area contributed by atoms with Gasteiger partial charge < -0.3 is 4.84 Å². The summed E-state index contributed by atoms with van der Waals surface area (Å²) in [4.78, 5) is 49.6. The van der Waals surface area contributed by atoms with Gasteiger partial charge in [0.15, 0.2) is 5.69 Å². The molecular weight excluding hydrogens is 318 g/mol. The molecule has 1 aromatic heterocycles. The van der Waals surface area contributed by atoms with E-state index in [4.69, 9.17) is 4.84 Å². The van der Waals surface area contributed by atoms with Crippen LogP contribution in [0.2, 0.25) is 0 Å². The summed E-state index contributed by atoms with van der Waals surface area (Å²) in [7, 11) is 0. The summed E-state index contributed by atoms with van der Waals surface area (Å²) >= 11 is 1.31. The summed E-state index contributed by atoms with van der Waals surface area (Å²) in [5, 5.41) is 0.846. The van der Waals surface area contributed by atoms with Crippen molar-refractivity contribution in [3.05, 3.63) is 53.5 Å². The molecule has 116 valence electrons. The number of hydrogen-bond acceptors (Lipinski definition) is 7. The van der Waals surface area contributed by atoms with E-state index in [2.05, 4.69) is 9.97 Å². The van der Waals surface area contributed by atoms with Crippen LogP contribution in [0.1, 0.15) is 38.1 Å². The van der Waals surface area contributed by atoms with Crippen LogP contribution < -0.4 is 0 Å². The maximum absolute atomic E-state index is 12.3. The Labute approximate surface area is 135 Å². The Morgan fingerprint density at radius 2 is 1.74 bits per heavy atom. The molecule has 2 heterocycles. The van der Waals surface area contributed by atoms with Gasteiger partial charge in [0.2, 0.25) is 0 Å². The van der Waals surface area contributed by atoms with Gasteiger partial charge in [-0.25, -0.2) is 14.8 Å². The molecule has 0 N–H and O–H groups in total. The zero-order valence-corrected chi connectivity index (χ0v) is 12.9. The third kappa shape index (κ3) is 2.68. The van der Waals surface area contributed by atoms with E-state index in [1.165, 1.54) is 36.3 Å². The van der Waals surface area contributed by atoms with Crippen molar-refractivity contribution >= 4 is 29.5 Å². The fraction of sp³-hybridized carbons (Fsp3) is 0.133. The van der Waals surface area contributed by atoms with Crippen LogP contribution in [-0.2, 0) is 4.84 Å². The Hall–Kier alpha value is -2.74. The summed E-state index contributed by atoms with van der Waals surface area (Å²) in [5.41, 5.74) is 0.371. The van der Waals surface area contributed by atoms with Crippen molar-refractivity contribution in [2.45, 2.75) is 11.9 Å². The van der Waals surface area contributed by atoms with Gasteiger partial charge in [-0.1, -0.05) is 24.1 Å². The molecule has 0 saturated heterocycles. The molecule has 1 aromatic carbocycles.